The summed E-state index contributed by atoms with van der Waals surface area (Å²) in [5, 5.41) is 9.11. The first-order valence-electron chi connectivity index (χ1n) is 6.25. The second kappa shape index (κ2) is 4.62. The Bertz CT molecular complexity index is 625. The van der Waals surface area contributed by atoms with Crippen LogP contribution >= 0.6 is 0 Å². The van der Waals surface area contributed by atoms with Crippen LogP contribution in [0, 0.1) is 5.82 Å². The number of aromatic nitrogens is 2. The SMILES string of the molecule is O=C(O)[C@@H]1CCCN1Cc1nc2c(F)cccc2[nH]1. The van der Waals surface area contributed by atoms with Crippen molar-refractivity contribution in [2.24, 2.45) is 0 Å². The second-order valence-electron chi connectivity index (χ2n) is 4.79. The monoisotopic (exact) mass is 263 g/mol. The van der Waals surface area contributed by atoms with Crippen LogP contribution in [0.4, 0.5) is 4.39 Å². The molecule has 1 saturated heterocycles. The van der Waals surface area contributed by atoms with Gasteiger partial charge in [0.2, 0.25) is 0 Å². The molecule has 1 aliphatic rings. The van der Waals surface area contributed by atoms with Gasteiger partial charge in [-0.15, -0.1) is 0 Å². The van der Waals surface area contributed by atoms with Gasteiger partial charge in [0.05, 0.1) is 12.1 Å². The Balaban J connectivity index is 1.85. The second-order valence-corrected chi connectivity index (χ2v) is 4.79. The number of carboxylic acids is 1. The first-order chi connectivity index (χ1) is 9.15. The third-order valence-electron chi connectivity index (χ3n) is 3.51. The first-order valence-corrected chi connectivity index (χ1v) is 6.25. The zero-order chi connectivity index (χ0) is 13.4. The molecule has 100 valence electrons. The van der Waals surface area contributed by atoms with Crippen molar-refractivity contribution in [3.05, 3.63) is 29.8 Å². The van der Waals surface area contributed by atoms with E-state index in [-0.39, 0.29) is 5.82 Å². The van der Waals surface area contributed by atoms with Gasteiger partial charge in [0.1, 0.15) is 17.4 Å². The molecule has 1 atom stereocenters. The Hall–Kier alpha value is -1.95. The molecule has 1 fully saturated rings. The minimum atomic E-state index is -0.806. The molecule has 2 N–H and O–H groups in total. The third-order valence-corrected chi connectivity index (χ3v) is 3.51. The number of rotatable bonds is 3. The molecule has 6 heteroatoms. The summed E-state index contributed by atoms with van der Waals surface area (Å²) in [7, 11) is 0. The lowest BCUT2D eigenvalue weighted by atomic mass is 10.2. The Morgan fingerprint density at radius 2 is 2.42 bits per heavy atom. The van der Waals surface area contributed by atoms with Crippen LogP contribution in [-0.2, 0) is 11.3 Å². The van der Waals surface area contributed by atoms with E-state index in [1.807, 2.05) is 4.90 Å². The third kappa shape index (κ3) is 2.19. The predicted molar refractivity (Wildman–Crippen MR) is 67.1 cm³/mol. The highest BCUT2D eigenvalue weighted by Crippen LogP contribution is 2.21. The summed E-state index contributed by atoms with van der Waals surface area (Å²) in [4.78, 5) is 20.2. The average Bonchev–Trinajstić information content (AvgIpc) is 2.96. The van der Waals surface area contributed by atoms with E-state index in [0.717, 1.165) is 13.0 Å². The lowest BCUT2D eigenvalue weighted by molar-refractivity contribution is -0.142. The number of fused-ring (bicyclic) bond motifs is 1. The van der Waals surface area contributed by atoms with E-state index in [1.54, 1.807) is 12.1 Å². The van der Waals surface area contributed by atoms with Crippen LogP contribution in [0.5, 0.6) is 0 Å². The molecule has 1 aromatic heterocycles. The lowest BCUT2D eigenvalue weighted by Crippen LogP contribution is -2.35. The zero-order valence-electron chi connectivity index (χ0n) is 10.3. The smallest absolute Gasteiger partial charge is 0.320 e. The Morgan fingerprint density at radius 1 is 1.58 bits per heavy atom. The molecule has 5 nitrogen and oxygen atoms in total. The molecule has 2 heterocycles. The molecular formula is C13H14FN3O2. The minimum absolute atomic E-state index is 0.309. The molecule has 1 aliphatic heterocycles. The fraction of sp³-hybridized carbons (Fsp3) is 0.385. The van der Waals surface area contributed by atoms with Gasteiger partial charge in [0.25, 0.3) is 0 Å². The van der Waals surface area contributed by atoms with Gasteiger partial charge in [0, 0.05) is 0 Å². The molecule has 2 aromatic rings. The molecule has 19 heavy (non-hydrogen) atoms. The van der Waals surface area contributed by atoms with Crippen molar-refractivity contribution in [1.82, 2.24) is 14.9 Å². The number of likely N-dealkylation sites (tertiary alicyclic amines) is 1. The van der Waals surface area contributed by atoms with Gasteiger partial charge >= 0.3 is 5.97 Å². The quantitative estimate of drug-likeness (QED) is 0.885. The van der Waals surface area contributed by atoms with E-state index in [1.165, 1.54) is 6.07 Å². The van der Waals surface area contributed by atoms with E-state index < -0.39 is 12.0 Å². The van der Waals surface area contributed by atoms with Crippen molar-refractivity contribution in [2.75, 3.05) is 6.54 Å². The van der Waals surface area contributed by atoms with Crippen LogP contribution in [0.25, 0.3) is 11.0 Å². The van der Waals surface area contributed by atoms with Crippen LogP contribution < -0.4 is 0 Å². The molecule has 0 aliphatic carbocycles. The normalized spacial score (nSPS) is 20.2. The molecule has 0 spiro atoms. The maximum Gasteiger partial charge on any atom is 0.320 e. The van der Waals surface area contributed by atoms with Crippen molar-refractivity contribution in [3.63, 3.8) is 0 Å². The van der Waals surface area contributed by atoms with E-state index in [4.69, 9.17) is 5.11 Å². The number of H-pyrrole nitrogens is 1. The topological polar surface area (TPSA) is 69.2 Å². The fourth-order valence-electron chi connectivity index (χ4n) is 2.61. The van der Waals surface area contributed by atoms with Gasteiger partial charge in [-0.3, -0.25) is 9.69 Å². The molecule has 0 bridgehead atoms. The number of carboxylic acid groups (broad SMARTS) is 1. The van der Waals surface area contributed by atoms with Crippen LogP contribution in [-0.4, -0.2) is 38.5 Å². The highest BCUT2D eigenvalue weighted by Gasteiger charge is 2.30. The Morgan fingerprint density at radius 3 is 3.16 bits per heavy atom. The summed E-state index contributed by atoms with van der Waals surface area (Å²) >= 11 is 0. The maximum atomic E-state index is 13.5. The van der Waals surface area contributed by atoms with E-state index >= 15 is 0 Å². The summed E-state index contributed by atoms with van der Waals surface area (Å²) in [6.07, 6.45) is 1.52. The van der Waals surface area contributed by atoms with Crippen molar-refractivity contribution in [1.29, 1.82) is 0 Å². The van der Waals surface area contributed by atoms with Crippen LogP contribution in [0.1, 0.15) is 18.7 Å². The predicted octanol–water partition coefficient (Wildman–Crippen LogP) is 1.75. The van der Waals surface area contributed by atoms with Gasteiger partial charge in [0.15, 0.2) is 5.82 Å². The molecule has 0 amide bonds. The zero-order valence-corrected chi connectivity index (χ0v) is 10.3. The van der Waals surface area contributed by atoms with E-state index in [0.29, 0.717) is 29.8 Å². The standard InChI is InChI=1S/C13H14FN3O2/c14-8-3-1-4-9-12(8)16-11(15-9)7-17-6-2-5-10(17)13(18)19/h1,3-4,10H,2,5-7H2,(H,15,16)(H,18,19)/t10-/m0/s1. The fourth-order valence-corrected chi connectivity index (χ4v) is 2.61. The summed E-state index contributed by atoms with van der Waals surface area (Å²) in [5.74, 6) is -0.566. The number of imidazole rings is 1. The Labute approximate surface area is 109 Å². The van der Waals surface area contributed by atoms with Gasteiger partial charge in [-0.25, -0.2) is 9.37 Å². The number of halogens is 1. The molecule has 0 unspecified atom stereocenters. The van der Waals surface area contributed by atoms with Gasteiger partial charge in [-0.05, 0) is 31.5 Å². The number of nitrogens with one attached hydrogen (secondary N) is 1. The maximum absolute atomic E-state index is 13.5. The number of aromatic amines is 1. The first kappa shape index (κ1) is 12.1. The number of benzene rings is 1. The highest BCUT2D eigenvalue weighted by molar-refractivity contribution is 5.76. The van der Waals surface area contributed by atoms with Crippen molar-refractivity contribution >= 4 is 17.0 Å². The van der Waals surface area contributed by atoms with Crippen molar-refractivity contribution in [2.45, 2.75) is 25.4 Å². The molecule has 0 saturated carbocycles. The Kier molecular flexibility index (Phi) is 2.94. The summed E-state index contributed by atoms with van der Waals surface area (Å²) in [6, 6.07) is 4.28. The molecular weight excluding hydrogens is 249 g/mol. The highest BCUT2D eigenvalue weighted by atomic mass is 19.1. The van der Waals surface area contributed by atoms with Gasteiger partial charge < -0.3 is 10.1 Å². The summed E-state index contributed by atoms with van der Waals surface area (Å²) in [5.41, 5.74) is 0.949. The summed E-state index contributed by atoms with van der Waals surface area (Å²) < 4.78 is 13.5. The van der Waals surface area contributed by atoms with Gasteiger partial charge in [-0.2, -0.15) is 0 Å². The number of hydrogen-bond acceptors (Lipinski definition) is 3. The van der Waals surface area contributed by atoms with Crippen molar-refractivity contribution in [3.8, 4) is 0 Å². The van der Waals surface area contributed by atoms with E-state index in [2.05, 4.69) is 9.97 Å². The van der Waals surface area contributed by atoms with Crippen LogP contribution in [0.15, 0.2) is 18.2 Å². The number of hydrogen-bond donors (Lipinski definition) is 2. The van der Waals surface area contributed by atoms with Crippen LogP contribution in [0.2, 0.25) is 0 Å². The lowest BCUT2D eigenvalue weighted by Gasteiger charge is -2.19. The van der Waals surface area contributed by atoms with Crippen molar-refractivity contribution < 1.29 is 14.3 Å². The largest absolute Gasteiger partial charge is 0.480 e. The van der Waals surface area contributed by atoms with E-state index in [9.17, 15) is 9.18 Å². The average molecular weight is 263 g/mol. The number of carbonyl (C=O) groups is 1. The number of nitrogens with zero attached hydrogens (tertiary/aromatic N) is 2. The molecule has 3 rings (SSSR count). The molecule has 0 radical (unpaired) electrons. The van der Waals surface area contributed by atoms with Gasteiger partial charge in [-0.1, -0.05) is 6.07 Å². The number of aliphatic carboxylic acids is 1. The molecule has 1 aromatic carbocycles. The summed E-state index contributed by atoms with van der Waals surface area (Å²) in [6.45, 7) is 1.14. The number of para-hydroxylation sites is 1. The van der Waals surface area contributed by atoms with Crippen LogP contribution in [0.3, 0.4) is 0 Å². The minimum Gasteiger partial charge on any atom is -0.480 e.